The van der Waals surface area contributed by atoms with E-state index in [1.807, 2.05) is 30.3 Å². The number of guanidine groups is 3. The van der Waals surface area contributed by atoms with Crippen LogP contribution in [-0.4, -0.2) is 97.6 Å². The van der Waals surface area contributed by atoms with Crippen molar-refractivity contribution < 1.29 is 38.6 Å². The van der Waals surface area contributed by atoms with Gasteiger partial charge in [0.15, 0.2) is 17.9 Å². The van der Waals surface area contributed by atoms with E-state index >= 15 is 0 Å². The molecule has 3 aromatic rings. The number of nitrogens with two attached hydrogens (primary N) is 6. The van der Waals surface area contributed by atoms with E-state index in [0.717, 1.165) is 23.3 Å². The Morgan fingerprint density at radius 2 is 1.10 bits per heavy atom. The number of hydrogen-bond acceptors (Lipinski definition) is 10. The quantitative estimate of drug-likeness (QED) is 0.0369. The average Bonchev–Trinajstić information content (AvgIpc) is 3.19. The summed E-state index contributed by atoms with van der Waals surface area (Å²) in [5.74, 6) is -2.58. The average molecular weight is 836 g/mol. The number of nitrogens with one attached hydrogen (secondary N) is 4. The van der Waals surface area contributed by atoms with Crippen LogP contribution < -0.4 is 60.4 Å². The Morgan fingerprint density at radius 1 is 0.650 bits per heavy atom. The van der Waals surface area contributed by atoms with Crippen LogP contribution in [0.3, 0.4) is 0 Å². The minimum atomic E-state index is -1.19. The van der Waals surface area contributed by atoms with E-state index < -0.39 is 47.9 Å². The molecule has 0 aliphatic rings. The molecular formula is C39H57N13O8. The molecule has 17 N–H and O–H groups in total. The molecule has 0 unspecified atom stereocenters. The third-order valence-corrected chi connectivity index (χ3v) is 8.23. The Kier molecular flexibility index (Phi) is 21.6. The molecule has 3 atom stereocenters. The third kappa shape index (κ3) is 19.7. The summed E-state index contributed by atoms with van der Waals surface area (Å²) in [5, 5.41) is 20.0. The zero-order valence-electron chi connectivity index (χ0n) is 33.8. The van der Waals surface area contributed by atoms with Crippen molar-refractivity contribution in [3.05, 3.63) is 72.3 Å². The van der Waals surface area contributed by atoms with Gasteiger partial charge in [-0.2, -0.15) is 0 Å². The first-order valence-electron chi connectivity index (χ1n) is 18.9. The fourth-order valence-electron chi connectivity index (χ4n) is 5.51. The van der Waals surface area contributed by atoms with E-state index in [-0.39, 0.29) is 69.8 Å². The van der Waals surface area contributed by atoms with E-state index in [9.17, 15) is 19.2 Å². The van der Waals surface area contributed by atoms with Gasteiger partial charge in [0, 0.05) is 43.7 Å². The normalized spacial score (nSPS) is 11.8. The number of hydrogen-bond donors (Lipinski definition) is 11. The van der Waals surface area contributed by atoms with Gasteiger partial charge in [-0.05, 0) is 55.5 Å². The summed E-state index contributed by atoms with van der Waals surface area (Å²) in [5.41, 5.74) is 34.0. The second kappa shape index (κ2) is 26.6. The lowest BCUT2D eigenvalue weighted by molar-refractivity contribution is -0.134. The molecule has 0 aliphatic carbocycles. The molecule has 0 aromatic heterocycles. The number of carbonyl (C=O) groups excluding carboxylic acids is 4. The fourth-order valence-corrected chi connectivity index (χ4v) is 5.51. The molecule has 0 spiro atoms. The van der Waals surface area contributed by atoms with Crippen molar-refractivity contribution in [3.63, 3.8) is 0 Å². The largest absolute Gasteiger partial charge is 0.496 e. The first-order chi connectivity index (χ1) is 28.6. The van der Waals surface area contributed by atoms with E-state index in [0.29, 0.717) is 24.3 Å². The highest BCUT2D eigenvalue weighted by atomic mass is 16.5. The topological polar surface area (TPSA) is 365 Å². The standard InChI is InChI=1S/C37H53N13O6.C2H4O2/c1-55-30-21-25(20-24-12-5-6-13-26(24)30)47-31(51)27(14-7-17-44-34(38)39)48-32(52)28(15-8-18-45-35(40)41)49-33(53)29(16-9-19-46-36(42)43)50-37(54)56-22-23-10-3-2-4-11-23;1-2(3)4/h2-6,10-13,20-21,27-29H,7-9,14-19,22H2,1H3,(H,47,51)(H,48,52)(H,49,53)(H,50,54)(H4,38,39,44)(H4,40,41,45)(H4,42,43,46);1H3,(H,3,4)/t27-,28-,29-;/m0./s1. The summed E-state index contributed by atoms with van der Waals surface area (Å²) in [6, 6.07) is 16.5. The zero-order chi connectivity index (χ0) is 44.5. The van der Waals surface area contributed by atoms with Crippen molar-refractivity contribution in [1.29, 1.82) is 0 Å². The SMILES string of the molecule is CC(=O)O.COc1cc(NC(=O)[C@H](CCCN=C(N)N)NC(=O)[C@H](CCCN=C(N)N)NC(=O)[C@H](CCCN=C(N)N)NC(=O)OCc2ccccc2)cc2ccccc12. The minimum Gasteiger partial charge on any atom is -0.496 e. The van der Waals surface area contributed by atoms with Crippen molar-refractivity contribution in [3.8, 4) is 5.75 Å². The predicted octanol–water partition coefficient (Wildman–Crippen LogP) is 0.303. The highest BCUT2D eigenvalue weighted by Crippen LogP contribution is 2.30. The summed E-state index contributed by atoms with van der Waals surface area (Å²) in [7, 11) is 1.53. The van der Waals surface area contributed by atoms with Gasteiger partial charge in [0.05, 0.1) is 7.11 Å². The van der Waals surface area contributed by atoms with E-state index in [1.165, 1.54) is 7.11 Å². The van der Waals surface area contributed by atoms with Gasteiger partial charge >= 0.3 is 6.09 Å². The maximum absolute atomic E-state index is 14.0. The second-order valence-electron chi connectivity index (χ2n) is 13.1. The monoisotopic (exact) mass is 835 g/mol. The second-order valence-corrected chi connectivity index (χ2v) is 13.1. The van der Waals surface area contributed by atoms with Crippen LogP contribution in [0.2, 0.25) is 0 Å². The molecule has 3 rings (SSSR count). The number of alkyl carbamates (subject to hydrolysis) is 1. The number of carboxylic acids is 1. The van der Waals surface area contributed by atoms with Gasteiger partial charge in [-0.25, -0.2) is 4.79 Å². The van der Waals surface area contributed by atoms with Crippen molar-refractivity contribution in [1.82, 2.24) is 16.0 Å². The summed E-state index contributed by atoms with van der Waals surface area (Å²) in [4.78, 5) is 75.3. The van der Waals surface area contributed by atoms with Crippen LogP contribution in [0.15, 0.2) is 81.7 Å². The van der Waals surface area contributed by atoms with Gasteiger partial charge in [0.2, 0.25) is 17.7 Å². The lowest BCUT2D eigenvalue weighted by atomic mass is 10.1. The van der Waals surface area contributed by atoms with Crippen molar-refractivity contribution in [2.24, 2.45) is 49.4 Å². The van der Waals surface area contributed by atoms with Crippen LogP contribution in [0.25, 0.3) is 10.8 Å². The highest BCUT2D eigenvalue weighted by molar-refractivity contribution is 6.01. The zero-order valence-corrected chi connectivity index (χ0v) is 33.8. The Morgan fingerprint density at radius 3 is 1.58 bits per heavy atom. The molecule has 0 saturated heterocycles. The number of fused-ring (bicyclic) bond motifs is 1. The smallest absolute Gasteiger partial charge is 0.408 e. The number of aliphatic carboxylic acids is 1. The Hall–Kier alpha value is -7.32. The van der Waals surface area contributed by atoms with Crippen molar-refractivity contribution in [2.45, 2.75) is 70.2 Å². The van der Waals surface area contributed by atoms with Crippen LogP contribution >= 0.6 is 0 Å². The molecule has 0 bridgehead atoms. The third-order valence-electron chi connectivity index (χ3n) is 8.23. The summed E-state index contributed by atoms with van der Waals surface area (Å²) in [6.07, 6.45) is 0.340. The number of benzene rings is 3. The number of aliphatic imine (C=N–C) groups is 3. The highest BCUT2D eigenvalue weighted by Gasteiger charge is 2.30. The number of amides is 4. The van der Waals surface area contributed by atoms with Crippen LogP contribution in [0.4, 0.5) is 10.5 Å². The van der Waals surface area contributed by atoms with Gasteiger partial charge in [0.25, 0.3) is 5.97 Å². The number of carboxylic acid groups (broad SMARTS) is 1. The van der Waals surface area contributed by atoms with Crippen molar-refractivity contribution >= 4 is 64.1 Å². The minimum absolute atomic E-state index is 0.0382. The molecule has 21 heteroatoms. The summed E-state index contributed by atoms with van der Waals surface area (Å²) >= 11 is 0. The van der Waals surface area contributed by atoms with Gasteiger partial charge in [-0.1, -0.05) is 54.6 Å². The number of nitrogens with zero attached hydrogens (tertiary/aromatic N) is 3. The van der Waals surface area contributed by atoms with Crippen LogP contribution in [0, 0.1) is 0 Å². The molecule has 4 amide bonds. The number of anilines is 1. The molecule has 0 saturated carbocycles. The Bertz CT molecular complexity index is 1940. The number of ether oxygens (including phenoxy) is 2. The molecule has 3 aromatic carbocycles. The molecule has 0 aliphatic heterocycles. The van der Waals surface area contributed by atoms with Gasteiger partial charge < -0.3 is 70.2 Å². The number of carbonyl (C=O) groups is 5. The van der Waals surface area contributed by atoms with Crippen LogP contribution in [-0.2, 0) is 30.5 Å². The molecule has 0 radical (unpaired) electrons. The van der Waals surface area contributed by atoms with Crippen LogP contribution in [0.5, 0.6) is 5.75 Å². The molecule has 0 fully saturated rings. The maximum Gasteiger partial charge on any atom is 0.408 e. The van der Waals surface area contributed by atoms with Gasteiger partial charge in [-0.15, -0.1) is 0 Å². The first kappa shape index (κ1) is 48.8. The molecular weight excluding hydrogens is 779 g/mol. The fraction of sp³-hybridized carbons (Fsp3) is 0.385. The van der Waals surface area contributed by atoms with E-state index in [1.54, 1.807) is 36.4 Å². The predicted molar refractivity (Wildman–Crippen MR) is 230 cm³/mol. The molecule has 0 heterocycles. The number of rotatable bonds is 22. The van der Waals surface area contributed by atoms with Crippen molar-refractivity contribution in [2.75, 3.05) is 32.1 Å². The lowest BCUT2D eigenvalue weighted by Gasteiger charge is -2.25. The van der Waals surface area contributed by atoms with E-state index in [2.05, 4.69) is 36.2 Å². The Labute approximate surface area is 347 Å². The molecule has 21 nitrogen and oxygen atoms in total. The van der Waals surface area contributed by atoms with Crippen LogP contribution in [0.1, 0.15) is 51.0 Å². The van der Waals surface area contributed by atoms with Gasteiger partial charge in [0.1, 0.15) is 30.5 Å². The van der Waals surface area contributed by atoms with Gasteiger partial charge in [-0.3, -0.25) is 34.2 Å². The summed E-state index contributed by atoms with van der Waals surface area (Å²) in [6.45, 7) is 1.57. The molecule has 326 valence electrons. The number of methoxy groups -OCH3 is 1. The maximum atomic E-state index is 14.0. The lowest BCUT2D eigenvalue weighted by Crippen LogP contribution is -2.56. The summed E-state index contributed by atoms with van der Waals surface area (Å²) < 4.78 is 10.9. The Balaban J connectivity index is 0.00000296. The molecule has 60 heavy (non-hydrogen) atoms. The van der Waals surface area contributed by atoms with E-state index in [4.69, 9.17) is 53.8 Å². The first-order valence-corrected chi connectivity index (χ1v) is 18.9.